The number of benzene rings is 1. The average Bonchev–Trinajstić information content (AvgIpc) is 2.46. The van der Waals surface area contributed by atoms with Gasteiger partial charge in [-0.3, -0.25) is 4.79 Å². The number of methoxy groups -OCH3 is 1. The summed E-state index contributed by atoms with van der Waals surface area (Å²) in [6.45, 7) is 2.15. The summed E-state index contributed by atoms with van der Waals surface area (Å²) in [4.78, 5) is 12.0. The molecule has 0 radical (unpaired) electrons. The van der Waals surface area contributed by atoms with Crippen LogP contribution in [0.25, 0.3) is 0 Å². The van der Waals surface area contributed by atoms with Crippen LogP contribution in [0.1, 0.15) is 49.4 Å². The Labute approximate surface area is 115 Å². The van der Waals surface area contributed by atoms with Crippen molar-refractivity contribution in [2.45, 2.75) is 51.2 Å². The number of ketones is 1. The molecule has 0 aliphatic rings. The Kier molecular flexibility index (Phi) is 7.38. The van der Waals surface area contributed by atoms with E-state index in [1.807, 2.05) is 6.07 Å². The van der Waals surface area contributed by atoms with Crippen molar-refractivity contribution in [3.8, 4) is 0 Å². The third kappa shape index (κ3) is 5.53. The monoisotopic (exact) mass is 264 g/mol. The van der Waals surface area contributed by atoms with E-state index in [0.717, 1.165) is 25.7 Å². The smallest absolute Gasteiger partial charge is 0.191 e. The van der Waals surface area contributed by atoms with Gasteiger partial charge in [0.15, 0.2) is 5.78 Å². The minimum Gasteiger partial charge on any atom is -0.385 e. The highest BCUT2D eigenvalue weighted by atomic mass is 16.5. The number of Topliss-reactive ketones (excluding diaryl/α,β-unsaturated/α-hetero) is 1. The summed E-state index contributed by atoms with van der Waals surface area (Å²) in [5.41, 5.74) is 0.554. The normalized spacial score (nSPS) is 14.1. The maximum absolute atomic E-state index is 12.0. The Morgan fingerprint density at radius 2 is 1.95 bits per heavy atom. The molecule has 0 aliphatic heterocycles. The van der Waals surface area contributed by atoms with Crippen LogP contribution in [-0.2, 0) is 4.74 Å². The van der Waals surface area contributed by atoms with Gasteiger partial charge in [0.1, 0.15) is 6.10 Å². The molecule has 0 saturated carbocycles. The molecule has 2 atom stereocenters. The summed E-state index contributed by atoms with van der Waals surface area (Å²) >= 11 is 0. The highest BCUT2D eigenvalue weighted by Gasteiger charge is 2.21. The predicted molar refractivity (Wildman–Crippen MR) is 76.3 cm³/mol. The molecule has 1 N–H and O–H groups in total. The molecular formula is C16H24O3. The zero-order valence-electron chi connectivity index (χ0n) is 11.8. The van der Waals surface area contributed by atoms with E-state index in [-0.39, 0.29) is 11.9 Å². The summed E-state index contributed by atoms with van der Waals surface area (Å²) in [5, 5.41) is 10.00. The number of hydrogen-bond acceptors (Lipinski definition) is 3. The second-order valence-corrected chi connectivity index (χ2v) is 4.84. The Morgan fingerprint density at radius 1 is 1.26 bits per heavy atom. The van der Waals surface area contributed by atoms with Crippen molar-refractivity contribution >= 4 is 5.78 Å². The first-order valence-electron chi connectivity index (χ1n) is 6.99. The van der Waals surface area contributed by atoms with Gasteiger partial charge in [0.25, 0.3) is 0 Å². The fraction of sp³-hybridized carbons (Fsp3) is 0.562. The van der Waals surface area contributed by atoms with Gasteiger partial charge < -0.3 is 9.84 Å². The lowest BCUT2D eigenvalue weighted by Gasteiger charge is -2.18. The Hall–Kier alpha value is -1.19. The first-order valence-corrected chi connectivity index (χ1v) is 6.99. The zero-order valence-corrected chi connectivity index (χ0v) is 11.8. The summed E-state index contributed by atoms with van der Waals surface area (Å²) in [5.74, 6) is -0.224. The van der Waals surface area contributed by atoms with Gasteiger partial charge in [-0.1, -0.05) is 56.5 Å². The average molecular weight is 264 g/mol. The third-order valence-electron chi connectivity index (χ3n) is 3.31. The Morgan fingerprint density at radius 3 is 2.53 bits per heavy atom. The largest absolute Gasteiger partial charge is 0.385 e. The second kappa shape index (κ2) is 8.83. The molecular weight excluding hydrogens is 240 g/mol. The first-order chi connectivity index (χ1) is 9.19. The minimum atomic E-state index is -0.978. The summed E-state index contributed by atoms with van der Waals surface area (Å²) in [6.07, 6.45) is 3.62. The Bertz CT molecular complexity index is 362. The fourth-order valence-corrected chi connectivity index (χ4v) is 2.10. The van der Waals surface area contributed by atoms with E-state index in [9.17, 15) is 9.90 Å². The summed E-state index contributed by atoms with van der Waals surface area (Å²) < 4.78 is 5.34. The molecule has 0 bridgehead atoms. The van der Waals surface area contributed by atoms with Crippen LogP contribution < -0.4 is 0 Å². The third-order valence-corrected chi connectivity index (χ3v) is 3.31. The van der Waals surface area contributed by atoms with E-state index in [2.05, 4.69) is 6.92 Å². The van der Waals surface area contributed by atoms with Gasteiger partial charge in [-0.15, -0.1) is 0 Å². The lowest BCUT2D eigenvalue weighted by Crippen LogP contribution is -2.27. The molecule has 0 fully saturated rings. The topological polar surface area (TPSA) is 46.5 Å². The molecule has 2 unspecified atom stereocenters. The number of ether oxygens (including phenoxy) is 1. The highest BCUT2D eigenvalue weighted by Crippen LogP contribution is 2.14. The first kappa shape index (κ1) is 15.9. The molecule has 0 spiro atoms. The fourth-order valence-electron chi connectivity index (χ4n) is 2.10. The van der Waals surface area contributed by atoms with Crippen LogP contribution in [0, 0.1) is 0 Å². The van der Waals surface area contributed by atoms with Gasteiger partial charge in [-0.2, -0.15) is 0 Å². The zero-order chi connectivity index (χ0) is 14.1. The molecule has 3 nitrogen and oxygen atoms in total. The van der Waals surface area contributed by atoms with Gasteiger partial charge in [0.05, 0.1) is 6.10 Å². The van der Waals surface area contributed by atoms with Gasteiger partial charge >= 0.3 is 0 Å². The maximum atomic E-state index is 12.0. The number of aliphatic hydroxyl groups is 1. The standard InChI is InChI=1S/C16H24O3/c1-3-4-6-11-14(19-2)12-15(17)16(18)13-9-7-5-8-10-13/h5,7-10,14-15,17H,3-4,6,11-12H2,1-2H3. The number of carbonyl (C=O) groups excluding carboxylic acids is 1. The van der Waals surface area contributed by atoms with Crippen LogP contribution in [0.4, 0.5) is 0 Å². The maximum Gasteiger partial charge on any atom is 0.191 e. The summed E-state index contributed by atoms with van der Waals surface area (Å²) in [6, 6.07) is 8.91. The Balaban J connectivity index is 2.48. The van der Waals surface area contributed by atoms with Crippen molar-refractivity contribution < 1.29 is 14.6 Å². The van der Waals surface area contributed by atoms with Crippen LogP contribution in [0.5, 0.6) is 0 Å². The molecule has 1 aromatic carbocycles. The molecule has 106 valence electrons. The lowest BCUT2D eigenvalue weighted by atomic mass is 9.99. The quantitative estimate of drug-likeness (QED) is 0.550. The molecule has 0 aliphatic carbocycles. The van der Waals surface area contributed by atoms with Gasteiger partial charge in [-0.05, 0) is 6.42 Å². The van der Waals surface area contributed by atoms with Crippen LogP contribution in [0.3, 0.4) is 0 Å². The van der Waals surface area contributed by atoms with Crippen molar-refractivity contribution in [1.29, 1.82) is 0 Å². The molecule has 0 saturated heterocycles. The number of aliphatic hydroxyl groups excluding tert-OH is 1. The predicted octanol–water partition coefficient (Wildman–Crippen LogP) is 3.22. The van der Waals surface area contributed by atoms with E-state index >= 15 is 0 Å². The molecule has 1 aromatic rings. The van der Waals surface area contributed by atoms with Crippen molar-refractivity contribution in [3.63, 3.8) is 0 Å². The number of rotatable bonds is 9. The van der Waals surface area contributed by atoms with E-state index in [1.165, 1.54) is 0 Å². The second-order valence-electron chi connectivity index (χ2n) is 4.84. The molecule has 19 heavy (non-hydrogen) atoms. The van der Waals surface area contributed by atoms with Gasteiger partial charge in [-0.25, -0.2) is 0 Å². The van der Waals surface area contributed by atoms with E-state index < -0.39 is 6.10 Å². The van der Waals surface area contributed by atoms with Gasteiger partial charge in [0.2, 0.25) is 0 Å². The van der Waals surface area contributed by atoms with E-state index in [4.69, 9.17) is 4.74 Å². The number of hydrogen-bond donors (Lipinski definition) is 1. The minimum absolute atomic E-state index is 0.0470. The van der Waals surface area contributed by atoms with Crippen LogP contribution in [0.2, 0.25) is 0 Å². The molecule has 0 amide bonds. The van der Waals surface area contributed by atoms with Crippen LogP contribution in [-0.4, -0.2) is 30.2 Å². The van der Waals surface area contributed by atoms with Crippen LogP contribution in [0.15, 0.2) is 30.3 Å². The molecule has 1 rings (SSSR count). The van der Waals surface area contributed by atoms with E-state index in [0.29, 0.717) is 12.0 Å². The molecule has 0 heterocycles. The molecule has 3 heteroatoms. The highest BCUT2D eigenvalue weighted by molar-refractivity contribution is 5.99. The van der Waals surface area contributed by atoms with Crippen molar-refractivity contribution in [2.24, 2.45) is 0 Å². The van der Waals surface area contributed by atoms with Crippen molar-refractivity contribution in [1.82, 2.24) is 0 Å². The van der Waals surface area contributed by atoms with Gasteiger partial charge in [0, 0.05) is 19.1 Å². The number of carbonyl (C=O) groups is 1. The molecule has 0 aromatic heterocycles. The SMILES string of the molecule is CCCCCC(CC(O)C(=O)c1ccccc1)OC. The van der Waals surface area contributed by atoms with E-state index in [1.54, 1.807) is 31.4 Å². The van der Waals surface area contributed by atoms with Crippen LogP contribution >= 0.6 is 0 Å². The summed E-state index contributed by atoms with van der Waals surface area (Å²) in [7, 11) is 1.64. The van der Waals surface area contributed by atoms with Crippen molar-refractivity contribution in [2.75, 3.05) is 7.11 Å². The van der Waals surface area contributed by atoms with Crippen molar-refractivity contribution in [3.05, 3.63) is 35.9 Å². The number of unbranched alkanes of at least 4 members (excludes halogenated alkanes) is 2. The lowest BCUT2D eigenvalue weighted by molar-refractivity contribution is 0.0348.